The van der Waals surface area contributed by atoms with Crippen molar-refractivity contribution in [2.75, 3.05) is 26.4 Å². The van der Waals surface area contributed by atoms with Gasteiger partial charge in [-0.1, -0.05) is 18.2 Å². The molecule has 31 heavy (non-hydrogen) atoms. The Bertz CT molecular complexity index is 1070. The first-order chi connectivity index (χ1) is 15.1. The second-order valence-corrected chi connectivity index (χ2v) is 8.83. The third kappa shape index (κ3) is 3.07. The van der Waals surface area contributed by atoms with Crippen molar-refractivity contribution in [2.45, 2.75) is 31.4 Å². The number of hydrogen-bond donors (Lipinski definition) is 1. The molecule has 4 aliphatic heterocycles. The largest absolute Gasteiger partial charge is 0.454 e. The molecule has 0 saturated carbocycles. The van der Waals surface area contributed by atoms with Crippen LogP contribution in [0.1, 0.15) is 35.2 Å². The molecule has 0 spiro atoms. The Hall–Kier alpha value is -3.06. The van der Waals surface area contributed by atoms with Gasteiger partial charge in [0, 0.05) is 37.7 Å². The van der Waals surface area contributed by atoms with Gasteiger partial charge in [0.15, 0.2) is 11.5 Å². The monoisotopic (exact) mass is 419 g/mol. The van der Waals surface area contributed by atoms with Crippen molar-refractivity contribution >= 4 is 17.4 Å². The van der Waals surface area contributed by atoms with Crippen LogP contribution >= 0.6 is 0 Å². The number of carbonyl (C=O) groups is 1. The van der Waals surface area contributed by atoms with Crippen molar-refractivity contribution in [3.05, 3.63) is 53.6 Å². The van der Waals surface area contributed by atoms with E-state index in [-0.39, 0.29) is 18.6 Å². The Morgan fingerprint density at radius 3 is 2.74 bits per heavy atom. The van der Waals surface area contributed by atoms with Gasteiger partial charge in [0.1, 0.15) is 5.84 Å². The number of para-hydroxylation sites is 1. The molecule has 0 aliphatic carbocycles. The number of fused-ring (bicyclic) bond motifs is 3. The summed E-state index contributed by atoms with van der Waals surface area (Å²) in [5.74, 6) is 2.28. The van der Waals surface area contributed by atoms with E-state index in [1.165, 1.54) is 5.56 Å². The van der Waals surface area contributed by atoms with Crippen LogP contribution in [0.5, 0.6) is 11.5 Å². The summed E-state index contributed by atoms with van der Waals surface area (Å²) in [5, 5.41) is 11.6. The van der Waals surface area contributed by atoms with Crippen LogP contribution in [0.2, 0.25) is 0 Å². The van der Waals surface area contributed by atoms with Crippen molar-refractivity contribution in [1.29, 1.82) is 0 Å². The van der Waals surface area contributed by atoms with Crippen molar-refractivity contribution in [2.24, 2.45) is 10.9 Å². The zero-order valence-electron chi connectivity index (χ0n) is 17.3. The van der Waals surface area contributed by atoms with Crippen LogP contribution in [-0.4, -0.2) is 58.7 Å². The Balaban J connectivity index is 1.18. The lowest BCUT2D eigenvalue weighted by Crippen LogP contribution is -2.52. The number of piperidine rings is 1. The molecular weight excluding hydrogens is 394 g/mol. The van der Waals surface area contributed by atoms with E-state index in [1.807, 2.05) is 23.1 Å². The summed E-state index contributed by atoms with van der Waals surface area (Å²) in [4.78, 5) is 22.1. The van der Waals surface area contributed by atoms with E-state index in [0.717, 1.165) is 31.0 Å². The predicted molar refractivity (Wildman–Crippen MR) is 115 cm³/mol. The lowest BCUT2D eigenvalue weighted by molar-refractivity contribution is -0.0413. The standard InChI is InChI=1S/C24H25N3O4/c28-23(16-5-6-20-21(13-16)31-15-30-20)26-11-8-24(29,9-12-26)18-7-10-27-14-17-3-1-2-4-19(17)25-22(18)27/h1-6,13,18,29H,7-12,14-15H2. The van der Waals surface area contributed by atoms with Crippen LogP contribution in [0.4, 0.5) is 5.69 Å². The molecule has 1 amide bonds. The Kier molecular flexibility index (Phi) is 4.21. The molecule has 2 aromatic carbocycles. The molecule has 0 radical (unpaired) electrons. The number of ether oxygens (including phenoxy) is 2. The number of aliphatic hydroxyl groups is 1. The molecule has 1 atom stereocenters. The summed E-state index contributed by atoms with van der Waals surface area (Å²) < 4.78 is 10.7. The molecule has 4 heterocycles. The molecule has 1 unspecified atom stereocenters. The number of nitrogens with zero attached hydrogens (tertiary/aromatic N) is 3. The molecule has 2 aromatic rings. The molecule has 0 bridgehead atoms. The fourth-order valence-electron chi connectivity index (χ4n) is 5.31. The molecular formula is C24H25N3O4. The summed E-state index contributed by atoms with van der Waals surface area (Å²) in [5.41, 5.74) is 2.02. The normalized spacial score (nSPS) is 23.3. The number of likely N-dealkylation sites (tertiary alicyclic amines) is 1. The fraction of sp³-hybridized carbons (Fsp3) is 0.417. The van der Waals surface area contributed by atoms with E-state index >= 15 is 0 Å². The first-order valence-corrected chi connectivity index (χ1v) is 10.9. The number of aliphatic imine (C=N–C) groups is 1. The van der Waals surface area contributed by atoms with Crippen LogP contribution in [0.15, 0.2) is 47.5 Å². The minimum absolute atomic E-state index is 0.0173. The number of rotatable bonds is 2. The zero-order chi connectivity index (χ0) is 21.0. The van der Waals surface area contributed by atoms with E-state index in [0.29, 0.717) is 43.0 Å². The molecule has 6 rings (SSSR count). The Labute approximate surface area is 180 Å². The second-order valence-electron chi connectivity index (χ2n) is 8.83. The van der Waals surface area contributed by atoms with Crippen molar-refractivity contribution in [3.8, 4) is 11.5 Å². The molecule has 4 aliphatic rings. The summed E-state index contributed by atoms with van der Waals surface area (Å²) in [6.07, 6.45) is 2.02. The van der Waals surface area contributed by atoms with Crippen molar-refractivity contribution < 1.29 is 19.4 Å². The molecule has 2 fully saturated rings. The maximum absolute atomic E-state index is 13.0. The van der Waals surface area contributed by atoms with Gasteiger partial charge in [-0.15, -0.1) is 0 Å². The first kappa shape index (κ1) is 18.7. The van der Waals surface area contributed by atoms with E-state index in [1.54, 1.807) is 18.2 Å². The van der Waals surface area contributed by atoms with Gasteiger partial charge in [0.25, 0.3) is 5.91 Å². The SMILES string of the molecule is O=C(c1ccc2c(c1)OCO2)N1CCC(O)(C2CCN3Cc4ccccc4N=C23)CC1. The van der Waals surface area contributed by atoms with E-state index in [2.05, 4.69) is 11.0 Å². The highest BCUT2D eigenvalue weighted by molar-refractivity contribution is 5.95. The topological polar surface area (TPSA) is 74.6 Å². The quantitative estimate of drug-likeness (QED) is 0.810. The van der Waals surface area contributed by atoms with Gasteiger partial charge in [0.05, 0.1) is 11.3 Å². The minimum atomic E-state index is -0.828. The first-order valence-electron chi connectivity index (χ1n) is 10.9. The number of benzene rings is 2. The third-order valence-corrected chi connectivity index (χ3v) is 7.10. The fourth-order valence-corrected chi connectivity index (χ4v) is 5.31. The van der Waals surface area contributed by atoms with Crippen LogP contribution < -0.4 is 9.47 Å². The minimum Gasteiger partial charge on any atom is -0.454 e. The van der Waals surface area contributed by atoms with Crippen LogP contribution in [-0.2, 0) is 6.54 Å². The van der Waals surface area contributed by atoms with Crippen LogP contribution in [0.3, 0.4) is 0 Å². The highest BCUT2D eigenvalue weighted by Gasteiger charge is 2.48. The lowest BCUT2D eigenvalue weighted by Gasteiger charge is -2.42. The molecule has 1 N–H and O–H groups in total. The summed E-state index contributed by atoms with van der Waals surface area (Å²) in [6.45, 7) is 3.03. The highest BCUT2D eigenvalue weighted by Crippen LogP contribution is 2.41. The van der Waals surface area contributed by atoms with Gasteiger partial charge in [-0.25, -0.2) is 4.99 Å². The molecule has 7 heteroatoms. The second kappa shape index (κ2) is 6.99. The average molecular weight is 419 g/mol. The number of hydrogen-bond acceptors (Lipinski definition) is 6. The average Bonchev–Trinajstić information content (AvgIpc) is 3.44. The van der Waals surface area contributed by atoms with Gasteiger partial charge >= 0.3 is 0 Å². The van der Waals surface area contributed by atoms with Crippen LogP contribution in [0.25, 0.3) is 0 Å². The Morgan fingerprint density at radius 2 is 1.87 bits per heavy atom. The number of amides is 1. The maximum atomic E-state index is 13.0. The zero-order valence-corrected chi connectivity index (χ0v) is 17.3. The van der Waals surface area contributed by atoms with E-state index in [9.17, 15) is 9.90 Å². The van der Waals surface area contributed by atoms with Gasteiger partial charge in [-0.05, 0) is 49.1 Å². The number of amidine groups is 1. The maximum Gasteiger partial charge on any atom is 0.253 e. The van der Waals surface area contributed by atoms with Gasteiger partial charge in [-0.3, -0.25) is 4.79 Å². The number of carbonyl (C=O) groups excluding carboxylic acids is 1. The van der Waals surface area contributed by atoms with Gasteiger partial charge < -0.3 is 24.4 Å². The Morgan fingerprint density at radius 1 is 1.06 bits per heavy atom. The smallest absolute Gasteiger partial charge is 0.253 e. The van der Waals surface area contributed by atoms with E-state index in [4.69, 9.17) is 14.5 Å². The lowest BCUT2D eigenvalue weighted by atomic mass is 9.78. The van der Waals surface area contributed by atoms with Crippen LogP contribution in [0, 0.1) is 5.92 Å². The third-order valence-electron chi connectivity index (χ3n) is 7.10. The highest BCUT2D eigenvalue weighted by atomic mass is 16.7. The molecule has 7 nitrogen and oxygen atoms in total. The molecule has 0 aromatic heterocycles. The van der Waals surface area contributed by atoms with Gasteiger partial charge in [-0.2, -0.15) is 0 Å². The predicted octanol–water partition coefficient (Wildman–Crippen LogP) is 2.95. The van der Waals surface area contributed by atoms with Crippen molar-refractivity contribution in [1.82, 2.24) is 9.80 Å². The molecule has 160 valence electrons. The van der Waals surface area contributed by atoms with Crippen molar-refractivity contribution in [3.63, 3.8) is 0 Å². The molecule has 2 saturated heterocycles. The summed E-state index contributed by atoms with van der Waals surface area (Å²) in [7, 11) is 0. The summed E-state index contributed by atoms with van der Waals surface area (Å²) >= 11 is 0. The van der Waals surface area contributed by atoms with Gasteiger partial charge in [0.2, 0.25) is 6.79 Å². The summed E-state index contributed by atoms with van der Waals surface area (Å²) in [6, 6.07) is 13.5. The van der Waals surface area contributed by atoms with E-state index < -0.39 is 5.60 Å².